The number of nitriles is 1. The lowest BCUT2D eigenvalue weighted by molar-refractivity contribution is 0.0552. The first-order valence-electron chi connectivity index (χ1n) is 11.1. The van der Waals surface area contributed by atoms with Gasteiger partial charge in [-0.3, -0.25) is 15.6 Å². The highest BCUT2D eigenvalue weighted by Gasteiger charge is 2.38. The second-order valence-electron chi connectivity index (χ2n) is 8.39. The van der Waals surface area contributed by atoms with Gasteiger partial charge in [-0.25, -0.2) is 13.4 Å². The molecule has 1 unspecified atom stereocenters. The number of terminal acetylenes is 1. The van der Waals surface area contributed by atoms with Gasteiger partial charge in [-0.2, -0.15) is 9.57 Å². The number of nitrogens with one attached hydrogen (secondary N) is 3. The number of sulfonamides is 1. The molecule has 2 aliphatic heterocycles. The summed E-state index contributed by atoms with van der Waals surface area (Å²) in [6.45, 7) is 1.61. The van der Waals surface area contributed by atoms with E-state index in [4.69, 9.17) is 11.7 Å². The molecule has 5 rings (SSSR count). The number of thiazole rings is 1. The first kappa shape index (κ1) is 23.5. The minimum atomic E-state index is -3.84. The van der Waals surface area contributed by atoms with Crippen LogP contribution in [0.15, 0.2) is 29.3 Å². The summed E-state index contributed by atoms with van der Waals surface area (Å²) in [5.74, 6) is 2.33. The van der Waals surface area contributed by atoms with Crippen molar-refractivity contribution in [2.75, 3.05) is 19.6 Å². The zero-order chi connectivity index (χ0) is 24.6. The number of carbonyl (C=O) groups excluding carboxylic acids is 1. The maximum absolute atomic E-state index is 13.5. The molecule has 1 saturated heterocycles. The molecule has 35 heavy (non-hydrogen) atoms. The lowest BCUT2D eigenvalue weighted by atomic mass is 10.1. The van der Waals surface area contributed by atoms with Crippen molar-refractivity contribution in [3.63, 3.8) is 0 Å². The Kier molecular flexibility index (Phi) is 6.32. The number of carbonyl (C=O) groups is 1. The van der Waals surface area contributed by atoms with Crippen LogP contribution < -0.4 is 10.9 Å². The van der Waals surface area contributed by atoms with Gasteiger partial charge in [-0.1, -0.05) is 5.92 Å². The maximum Gasteiger partial charge on any atom is 0.283 e. The Morgan fingerprint density at radius 1 is 1.26 bits per heavy atom. The quantitative estimate of drug-likeness (QED) is 0.444. The van der Waals surface area contributed by atoms with Gasteiger partial charge in [-0.15, -0.1) is 17.8 Å². The van der Waals surface area contributed by atoms with Crippen LogP contribution in [0.4, 0.5) is 0 Å². The number of hydrogen-bond donors (Lipinski definition) is 3. The van der Waals surface area contributed by atoms with Crippen molar-refractivity contribution in [2.24, 2.45) is 0 Å². The Hall–Kier alpha value is -3.26. The number of aromatic amines is 1. The normalized spacial score (nSPS) is 18.7. The Labute approximate surface area is 207 Å². The van der Waals surface area contributed by atoms with Crippen LogP contribution in [-0.2, 0) is 23.1 Å². The third-order valence-corrected chi connectivity index (χ3v) is 9.14. The van der Waals surface area contributed by atoms with E-state index in [0.717, 1.165) is 10.6 Å². The molecule has 0 spiro atoms. The summed E-state index contributed by atoms with van der Waals surface area (Å²) in [7, 11) is -3.84. The standard InChI is InChI=1S/C23H23N7O3S2/c1-2-15-5-6-18-16(10-15)11-21(27-18)35(32,33)29-8-9-30(17(14-29)4-3-7-24)23(31)22-28-19-12-25-26-13-20(19)34-22/h1,5-6,10-11,17,25-27H,3-4,8-9,12-14H2. The van der Waals surface area contributed by atoms with Crippen molar-refractivity contribution in [1.29, 1.82) is 5.26 Å². The molecule has 0 aliphatic carbocycles. The van der Waals surface area contributed by atoms with Gasteiger partial charge in [0.2, 0.25) is 0 Å². The van der Waals surface area contributed by atoms with Crippen LogP contribution in [0.3, 0.4) is 0 Å². The first-order chi connectivity index (χ1) is 16.9. The third kappa shape index (κ3) is 4.43. The lowest BCUT2D eigenvalue weighted by Gasteiger charge is -2.40. The van der Waals surface area contributed by atoms with E-state index in [9.17, 15) is 13.2 Å². The van der Waals surface area contributed by atoms with E-state index in [-0.39, 0.29) is 37.0 Å². The molecular weight excluding hydrogens is 486 g/mol. The Morgan fingerprint density at radius 2 is 2.09 bits per heavy atom. The topological polar surface area (TPSA) is 134 Å². The highest BCUT2D eigenvalue weighted by Crippen LogP contribution is 2.28. The number of amides is 1. The van der Waals surface area contributed by atoms with Crippen molar-refractivity contribution in [1.82, 2.24) is 30.0 Å². The number of H-pyrrole nitrogens is 1. The Bertz CT molecular complexity index is 1460. The predicted molar refractivity (Wildman–Crippen MR) is 130 cm³/mol. The number of hydrogen-bond acceptors (Lipinski definition) is 8. The molecule has 0 radical (unpaired) electrons. The van der Waals surface area contributed by atoms with Crippen molar-refractivity contribution < 1.29 is 13.2 Å². The van der Waals surface area contributed by atoms with E-state index in [1.54, 1.807) is 29.2 Å². The fourth-order valence-electron chi connectivity index (χ4n) is 4.43. The van der Waals surface area contributed by atoms with Crippen LogP contribution in [0.1, 0.15) is 38.8 Å². The fraction of sp³-hybridized carbons (Fsp3) is 0.348. The summed E-state index contributed by atoms with van der Waals surface area (Å²) in [5.41, 5.74) is 8.23. The van der Waals surface area contributed by atoms with E-state index in [2.05, 4.69) is 32.8 Å². The van der Waals surface area contributed by atoms with Crippen molar-refractivity contribution in [3.05, 3.63) is 45.4 Å². The molecule has 1 aromatic carbocycles. The molecule has 3 N–H and O–H groups in total. The molecule has 12 heteroatoms. The molecule has 10 nitrogen and oxygen atoms in total. The zero-order valence-corrected chi connectivity index (χ0v) is 20.4. The average molecular weight is 510 g/mol. The van der Waals surface area contributed by atoms with Crippen LogP contribution in [0.5, 0.6) is 0 Å². The van der Waals surface area contributed by atoms with E-state index in [1.807, 2.05) is 0 Å². The summed E-state index contributed by atoms with van der Waals surface area (Å²) in [6.07, 6.45) is 6.05. The SMILES string of the molecule is C#Cc1ccc2[nH]c(S(=O)(=O)N3CCN(C(=O)c4nc5c(s4)CNNC5)C(CCC#N)C3)cc2c1. The van der Waals surface area contributed by atoms with Crippen molar-refractivity contribution >= 4 is 38.2 Å². The van der Waals surface area contributed by atoms with Gasteiger partial charge in [0.05, 0.1) is 18.3 Å². The second kappa shape index (κ2) is 9.41. The smallest absolute Gasteiger partial charge is 0.283 e. The average Bonchev–Trinajstić information content (AvgIpc) is 3.51. The molecule has 2 aliphatic rings. The number of benzene rings is 1. The zero-order valence-electron chi connectivity index (χ0n) is 18.7. The molecular formula is C23H23N7O3S2. The highest BCUT2D eigenvalue weighted by atomic mass is 32.2. The van der Waals surface area contributed by atoms with Gasteiger partial charge in [-0.05, 0) is 30.7 Å². The summed E-state index contributed by atoms with van der Waals surface area (Å²) < 4.78 is 28.3. The summed E-state index contributed by atoms with van der Waals surface area (Å²) in [4.78, 5) is 23.5. The Morgan fingerprint density at radius 3 is 2.86 bits per heavy atom. The van der Waals surface area contributed by atoms with Gasteiger partial charge in [0.1, 0.15) is 5.03 Å². The molecule has 3 aromatic rings. The predicted octanol–water partition coefficient (Wildman–Crippen LogP) is 1.53. The largest absolute Gasteiger partial charge is 0.345 e. The lowest BCUT2D eigenvalue weighted by Crippen LogP contribution is -2.56. The first-order valence-corrected chi connectivity index (χ1v) is 13.4. The van der Waals surface area contributed by atoms with Crippen LogP contribution in [0.25, 0.3) is 10.9 Å². The van der Waals surface area contributed by atoms with E-state index >= 15 is 0 Å². The van der Waals surface area contributed by atoms with Gasteiger partial charge < -0.3 is 9.88 Å². The van der Waals surface area contributed by atoms with Crippen LogP contribution >= 0.6 is 11.3 Å². The fourth-order valence-corrected chi connectivity index (χ4v) is 6.88. The van der Waals surface area contributed by atoms with Crippen LogP contribution in [0, 0.1) is 23.7 Å². The molecule has 180 valence electrons. The maximum atomic E-state index is 13.5. The Balaban J connectivity index is 1.39. The van der Waals surface area contributed by atoms with Crippen molar-refractivity contribution in [2.45, 2.75) is 37.0 Å². The second-order valence-corrected chi connectivity index (χ2v) is 11.4. The van der Waals surface area contributed by atoms with Crippen LogP contribution in [0.2, 0.25) is 0 Å². The number of fused-ring (bicyclic) bond motifs is 2. The number of rotatable bonds is 5. The molecule has 1 fully saturated rings. The third-order valence-electron chi connectivity index (χ3n) is 6.27. The number of hydrazine groups is 1. The minimum Gasteiger partial charge on any atom is -0.345 e. The van der Waals surface area contributed by atoms with Gasteiger partial charge in [0, 0.05) is 60.0 Å². The molecule has 1 atom stereocenters. The molecule has 4 heterocycles. The summed E-state index contributed by atoms with van der Waals surface area (Å²) >= 11 is 1.35. The highest BCUT2D eigenvalue weighted by molar-refractivity contribution is 7.89. The minimum absolute atomic E-state index is 0.0769. The van der Waals surface area contributed by atoms with E-state index in [1.165, 1.54) is 15.6 Å². The number of nitrogens with zero attached hydrogens (tertiary/aromatic N) is 4. The molecule has 1 amide bonds. The van der Waals surface area contributed by atoms with Gasteiger partial charge >= 0.3 is 0 Å². The van der Waals surface area contributed by atoms with Crippen LogP contribution in [-0.4, -0.2) is 59.2 Å². The molecule has 2 aromatic heterocycles. The van der Waals surface area contributed by atoms with E-state index < -0.39 is 16.1 Å². The molecule has 0 bridgehead atoms. The van der Waals surface area contributed by atoms with Gasteiger partial charge in [0.25, 0.3) is 15.9 Å². The molecule has 0 saturated carbocycles. The monoisotopic (exact) mass is 509 g/mol. The van der Waals surface area contributed by atoms with Gasteiger partial charge in [0.15, 0.2) is 5.01 Å². The van der Waals surface area contributed by atoms with Crippen molar-refractivity contribution in [3.8, 4) is 18.4 Å². The summed E-state index contributed by atoms with van der Waals surface area (Å²) in [5, 5.41) is 10.3. The number of piperazine rings is 1. The number of aromatic nitrogens is 2. The van der Waals surface area contributed by atoms with E-state index in [0.29, 0.717) is 41.0 Å². The summed E-state index contributed by atoms with van der Waals surface area (Å²) in [6, 6.07) is 8.53.